The number of nitrogens with zero attached hydrogens (tertiary/aromatic N) is 3. The molecule has 0 radical (unpaired) electrons. The number of aryl methyl sites for hydroxylation is 2. The number of aliphatic imine (C=N–C) groups is 1. The Morgan fingerprint density at radius 2 is 1.69 bits per heavy atom. The molecule has 0 bridgehead atoms. The fourth-order valence-electron chi connectivity index (χ4n) is 3.42. The zero-order valence-electron chi connectivity index (χ0n) is 18.0. The summed E-state index contributed by atoms with van der Waals surface area (Å²) in [7, 11) is 0. The number of fused-ring (bicyclic) bond motifs is 1. The van der Waals surface area contributed by atoms with E-state index in [0.29, 0.717) is 23.6 Å². The largest absolute Gasteiger partial charge is 0.361 e. The number of hydrogen-bond donors (Lipinski definition) is 4. The van der Waals surface area contributed by atoms with Crippen LogP contribution in [0.1, 0.15) is 17.0 Å². The number of hydrogen-bond acceptors (Lipinski definition) is 4. The number of H-pyrrole nitrogens is 1. The number of aromatic amines is 1. The monoisotopic (exact) mass is 443 g/mol. The minimum atomic E-state index is 0.430. The lowest BCUT2D eigenvalue weighted by Crippen LogP contribution is -2.39. The first-order chi connectivity index (χ1) is 15.6. The number of guanidine groups is 1. The van der Waals surface area contributed by atoms with E-state index in [-0.39, 0.29) is 0 Å². The normalized spacial score (nSPS) is 11.4. The molecule has 2 heterocycles. The standard InChI is InChI=1S/C24H25N7S/c1-16-14-17(2)28-23(27-16)30-22(31-24(32)29-19-8-4-3-5-9-19)25-13-12-18-15-26-21-11-7-6-10-20(18)21/h3-11,14-15,26H,12-13H2,1-2H3,(H3,25,27,28,29,30,31,32). The van der Waals surface area contributed by atoms with E-state index >= 15 is 0 Å². The Labute approximate surface area is 192 Å². The second-order valence-electron chi connectivity index (χ2n) is 7.38. The molecule has 162 valence electrons. The van der Waals surface area contributed by atoms with Crippen molar-refractivity contribution < 1.29 is 0 Å². The minimum Gasteiger partial charge on any atom is -0.361 e. The fourth-order valence-corrected chi connectivity index (χ4v) is 3.63. The van der Waals surface area contributed by atoms with Crippen molar-refractivity contribution in [2.75, 3.05) is 17.2 Å². The van der Waals surface area contributed by atoms with Gasteiger partial charge in [-0.05, 0) is 62.3 Å². The lowest BCUT2D eigenvalue weighted by molar-refractivity contribution is 0.963. The van der Waals surface area contributed by atoms with Gasteiger partial charge in [0, 0.05) is 40.7 Å². The molecule has 8 heteroatoms. The van der Waals surface area contributed by atoms with Gasteiger partial charge < -0.3 is 15.6 Å². The summed E-state index contributed by atoms with van der Waals surface area (Å²) in [6.07, 6.45) is 2.82. The number of benzene rings is 2. The molecule has 0 aliphatic heterocycles. The number of aromatic nitrogens is 3. The molecule has 4 N–H and O–H groups in total. The maximum atomic E-state index is 5.48. The van der Waals surface area contributed by atoms with E-state index in [9.17, 15) is 0 Å². The quantitative estimate of drug-likeness (QED) is 0.205. The van der Waals surface area contributed by atoms with Gasteiger partial charge in [0.2, 0.25) is 11.9 Å². The summed E-state index contributed by atoms with van der Waals surface area (Å²) in [5.74, 6) is 0.964. The van der Waals surface area contributed by atoms with E-state index in [2.05, 4.69) is 43.0 Å². The van der Waals surface area contributed by atoms with Crippen LogP contribution in [0.4, 0.5) is 11.6 Å². The van der Waals surface area contributed by atoms with Crippen molar-refractivity contribution in [3.8, 4) is 0 Å². The van der Waals surface area contributed by atoms with Crippen molar-refractivity contribution in [2.24, 2.45) is 4.99 Å². The number of para-hydroxylation sites is 2. The van der Waals surface area contributed by atoms with Crippen molar-refractivity contribution in [3.05, 3.63) is 83.8 Å². The smallest absolute Gasteiger partial charge is 0.229 e. The van der Waals surface area contributed by atoms with Crippen molar-refractivity contribution in [1.29, 1.82) is 0 Å². The minimum absolute atomic E-state index is 0.430. The summed E-state index contributed by atoms with van der Waals surface area (Å²) in [6.45, 7) is 4.43. The van der Waals surface area contributed by atoms with Crippen molar-refractivity contribution in [2.45, 2.75) is 20.3 Å². The van der Waals surface area contributed by atoms with Gasteiger partial charge in [-0.2, -0.15) is 0 Å². The van der Waals surface area contributed by atoms with Gasteiger partial charge in [-0.3, -0.25) is 10.3 Å². The number of anilines is 2. The lowest BCUT2D eigenvalue weighted by Gasteiger charge is -2.14. The van der Waals surface area contributed by atoms with E-state index < -0.39 is 0 Å². The van der Waals surface area contributed by atoms with Gasteiger partial charge in [-0.1, -0.05) is 36.4 Å². The Kier molecular flexibility index (Phi) is 6.72. The summed E-state index contributed by atoms with van der Waals surface area (Å²) >= 11 is 5.48. The topological polar surface area (TPSA) is 90.0 Å². The third kappa shape index (κ3) is 5.67. The molecule has 0 unspecified atom stereocenters. The lowest BCUT2D eigenvalue weighted by atomic mass is 10.1. The predicted molar refractivity (Wildman–Crippen MR) is 135 cm³/mol. The molecule has 0 fully saturated rings. The third-order valence-electron chi connectivity index (χ3n) is 4.80. The second kappa shape index (κ2) is 10.0. The Morgan fingerprint density at radius 1 is 0.969 bits per heavy atom. The predicted octanol–water partition coefficient (Wildman–Crippen LogP) is 4.57. The van der Waals surface area contributed by atoms with Crippen LogP contribution in [0.2, 0.25) is 0 Å². The van der Waals surface area contributed by atoms with E-state index in [1.165, 1.54) is 10.9 Å². The maximum Gasteiger partial charge on any atom is 0.229 e. The van der Waals surface area contributed by atoms with Crippen LogP contribution in [0.3, 0.4) is 0 Å². The average molecular weight is 444 g/mol. The van der Waals surface area contributed by atoms with Crippen LogP contribution >= 0.6 is 12.2 Å². The van der Waals surface area contributed by atoms with Gasteiger partial charge in [0.25, 0.3) is 0 Å². The van der Waals surface area contributed by atoms with Crippen LogP contribution in [0.25, 0.3) is 10.9 Å². The molecule has 0 aliphatic carbocycles. The van der Waals surface area contributed by atoms with Gasteiger partial charge >= 0.3 is 0 Å². The first-order valence-electron chi connectivity index (χ1n) is 10.4. The summed E-state index contributed by atoms with van der Waals surface area (Å²) in [5.41, 5.74) is 4.99. The molecule has 4 rings (SSSR count). The SMILES string of the molecule is Cc1cc(C)nc(NC(=NCCc2c[nH]c3ccccc23)NC(=S)Nc2ccccc2)n1. The van der Waals surface area contributed by atoms with Crippen LogP contribution in [-0.4, -0.2) is 32.6 Å². The van der Waals surface area contributed by atoms with Gasteiger partial charge in [0.15, 0.2) is 5.11 Å². The molecule has 0 atom stereocenters. The molecule has 0 spiro atoms. The first kappa shape index (κ1) is 21.5. The van der Waals surface area contributed by atoms with Crippen LogP contribution in [0, 0.1) is 13.8 Å². The van der Waals surface area contributed by atoms with E-state index in [1.54, 1.807) is 0 Å². The highest BCUT2D eigenvalue weighted by Crippen LogP contribution is 2.18. The Hall–Kier alpha value is -3.78. The van der Waals surface area contributed by atoms with Gasteiger partial charge in [-0.25, -0.2) is 9.97 Å². The zero-order chi connectivity index (χ0) is 22.3. The molecule has 4 aromatic rings. The molecule has 32 heavy (non-hydrogen) atoms. The van der Waals surface area contributed by atoms with Gasteiger partial charge in [0.1, 0.15) is 0 Å². The van der Waals surface area contributed by atoms with Crippen LogP contribution < -0.4 is 16.0 Å². The highest BCUT2D eigenvalue weighted by atomic mass is 32.1. The molecule has 2 aromatic heterocycles. The summed E-state index contributed by atoms with van der Waals surface area (Å²) < 4.78 is 0. The molecule has 0 saturated heterocycles. The number of rotatable bonds is 5. The maximum absolute atomic E-state index is 5.48. The molecule has 0 saturated carbocycles. The fraction of sp³-hybridized carbons (Fsp3) is 0.167. The highest BCUT2D eigenvalue weighted by Gasteiger charge is 2.08. The first-order valence-corrected chi connectivity index (χ1v) is 10.8. The zero-order valence-corrected chi connectivity index (χ0v) is 18.8. The Bertz CT molecular complexity index is 1230. The van der Waals surface area contributed by atoms with Crippen molar-refractivity contribution in [1.82, 2.24) is 20.3 Å². The van der Waals surface area contributed by atoms with Gasteiger partial charge in [0.05, 0.1) is 0 Å². The summed E-state index contributed by atoms with van der Waals surface area (Å²) in [6, 6.07) is 19.9. The van der Waals surface area contributed by atoms with E-state index in [0.717, 1.165) is 29.0 Å². The second-order valence-corrected chi connectivity index (χ2v) is 7.79. The Balaban J connectivity index is 1.49. The summed E-state index contributed by atoms with van der Waals surface area (Å²) in [4.78, 5) is 16.9. The molecular formula is C24H25N7S. The van der Waals surface area contributed by atoms with Crippen molar-refractivity contribution in [3.63, 3.8) is 0 Å². The molecule has 7 nitrogen and oxygen atoms in total. The van der Waals surface area contributed by atoms with E-state index in [1.807, 2.05) is 68.6 Å². The molecule has 0 aliphatic rings. The average Bonchev–Trinajstić information content (AvgIpc) is 3.17. The van der Waals surface area contributed by atoms with Gasteiger partial charge in [-0.15, -0.1) is 0 Å². The van der Waals surface area contributed by atoms with E-state index in [4.69, 9.17) is 17.2 Å². The molecule has 2 aromatic carbocycles. The number of nitrogens with one attached hydrogen (secondary N) is 4. The molecular weight excluding hydrogens is 418 g/mol. The highest BCUT2D eigenvalue weighted by molar-refractivity contribution is 7.80. The Morgan fingerprint density at radius 3 is 2.47 bits per heavy atom. The van der Waals surface area contributed by atoms with Crippen molar-refractivity contribution >= 4 is 45.8 Å². The third-order valence-corrected chi connectivity index (χ3v) is 5.01. The van der Waals surface area contributed by atoms with Crippen LogP contribution in [0.15, 0.2) is 71.9 Å². The summed E-state index contributed by atoms with van der Waals surface area (Å²) in [5, 5.41) is 11.1. The van der Waals surface area contributed by atoms with Crippen LogP contribution in [-0.2, 0) is 6.42 Å². The molecule has 0 amide bonds. The van der Waals surface area contributed by atoms with Crippen LogP contribution in [0.5, 0.6) is 0 Å². The number of thiocarbonyl (C=S) groups is 1.